The molecule has 2 aromatic rings. The van der Waals surface area contributed by atoms with E-state index in [0.29, 0.717) is 11.3 Å². The molecule has 0 aliphatic carbocycles. The molecule has 8 nitrogen and oxygen atoms in total. The molecule has 2 rings (SSSR count). The van der Waals surface area contributed by atoms with E-state index in [1.165, 1.54) is 19.4 Å². The molecule has 0 saturated carbocycles. The summed E-state index contributed by atoms with van der Waals surface area (Å²) >= 11 is 0. The second-order valence-electron chi connectivity index (χ2n) is 6.18. The fourth-order valence-corrected chi connectivity index (χ4v) is 4.57. The van der Waals surface area contributed by atoms with Gasteiger partial charge in [0.15, 0.2) is 15.7 Å². The SMILES string of the molecule is CC(CCCS(C)(=O)=O)S(=O)(=O)c1cncnc1Nc1ccc(C#N)cc1. The fourth-order valence-electron chi connectivity index (χ4n) is 2.39. The van der Waals surface area contributed by atoms with Crippen molar-refractivity contribution in [3.05, 3.63) is 42.4 Å². The zero-order chi connectivity index (χ0) is 20.1. The van der Waals surface area contributed by atoms with Crippen LogP contribution in [0.4, 0.5) is 11.5 Å². The summed E-state index contributed by atoms with van der Waals surface area (Å²) in [6, 6.07) is 8.50. The first kappa shape index (κ1) is 20.8. The highest BCUT2D eigenvalue weighted by Gasteiger charge is 2.27. The highest BCUT2D eigenvalue weighted by atomic mass is 32.2. The predicted octanol–water partition coefficient (Wildman–Crippen LogP) is 2.08. The largest absolute Gasteiger partial charge is 0.339 e. The molecule has 1 unspecified atom stereocenters. The lowest BCUT2D eigenvalue weighted by Crippen LogP contribution is -2.21. The molecule has 27 heavy (non-hydrogen) atoms. The number of aromatic nitrogens is 2. The van der Waals surface area contributed by atoms with Crippen LogP contribution in [0.3, 0.4) is 0 Å². The molecule has 0 amide bonds. The molecule has 1 heterocycles. The molecule has 1 aromatic carbocycles. The predicted molar refractivity (Wildman–Crippen MR) is 102 cm³/mol. The Balaban J connectivity index is 2.23. The minimum Gasteiger partial charge on any atom is -0.339 e. The van der Waals surface area contributed by atoms with E-state index in [2.05, 4.69) is 15.3 Å². The number of anilines is 2. The average molecular weight is 409 g/mol. The summed E-state index contributed by atoms with van der Waals surface area (Å²) < 4.78 is 48.2. The van der Waals surface area contributed by atoms with Crippen LogP contribution >= 0.6 is 0 Å². The maximum Gasteiger partial charge on any atom is 0.186 e. The van der Waals surface area contributed by atoms with Crippen molar-refractivity contribution in [2.24, 2.45) is 0 Å². The van der Waals surface area contributed by atoms with Crippen molar-refractivity contribution in [2.75, 3.05) is 17.3 Å². The second kappa shape index (κ2) is 8.45. The molecule has 0 fully saturated rings. The molecule has 1 atom stereocenters. The lowest BCUT2D eigenvalue weighted by atomic mass is 10.2. The van der Waals surface area contributed by atoms with Gasteiger partial charge in [-0.15, -0.1) is 0 Å². The normalized spacial score (nSPS) is 12.9. The lowest BCUT2D eigenvalue weighted by Gasteiger charge is -2.15. The van der Waals surface area contributed by atoms with E-state index in [-0.39, 0.29) is 29.3 Å². The number of nitriles is 1. The standard InChI is InChI=1S/C17H20N4O4S2/c1-13(4-3-9-26(2,22)23)27(24,25)16-11-19-12-20-17(16)21-15-7-5-14(10-18)6-8-15/h5-8,11-13H,3-4,9H2,1-2H3,(H,19,20,21). The molecule has 1 aromatic heterocycles. The summed E-state index contributed by atoms with van der Waals surface area (Å²) in [6.45, 7) is 1.54. The van der Waals surface area contributed by atoms with Gasteiger partial charge < -0.3 is 5.32 Å². The van der Waals surface area contributed by atoms with Crippen LogP contribution in [0.1, 0.15) is 25.3 Å². The van der Waals surface area contributed by atoms with Crippen LogP contribution < -0.4 is 5.32 Å². The maximum atomic E-state index is 12.9. The van der Waals surface area contributed by atoms with Crippen LogP contribution in [-0.2, 0) is 19.7 Å². The quantitative estimate of drug-likeness (QED) is 0.702. The van der Waals surface area contributed by atoms with Crippen LogP contribution in [0.2, 0.25) is 0 Å². The molecule has 144 valence electrons. The number of benzene rings is 1. The lowest BCUT2D eigenvalue weighted by molar-refractivity contribution is 0.571. The van der Waals surface area contributed by atoms with Crippen LogP contribution in [0.25, 0.3) is 0 Å². The van der Waals surface area contributed by atoms with Crippen molar-refractivity contribution in [3.8, 4) is 6.07 Å². The number of hydrogen-bond acceptors (Lipinski definition) is 8. The van der Waals surface area contributed by atoms with E-state index in [0.717, 1.165) is 6.26 Å². The van der Waals surface area contributed by atoms with E-state index in [9.17, 15) is 16.8 Å². The van der Waals surface area contributed by atoms with Crippen molar-refractivity contribution in [1.82, 2.24) is 9.97 Å². The maximum absolute atomic E-state index is 12.9. The third kappa shape index (κ3) is 5.74. The van der Waals surface area contributed by atoms with Gasteiger partial charge >= 0.3 is 0 Å². The Morgan fingerprint density at radius 3 is 2.44 bits per heavy atom. The smallest absolute Gasteiger partial charge is 0.186 e. The van der Waals surface area contributed by atoms with Gasteiger partial charge in [-0.2, -0.15) is 5.26 Å². The number of nitrogens with one attached hydrogen (secondary N) is 1. The van der Waals surface area contributed by atoms with Gasteiger partial charge in [-0.05, 0) is 44.0 Å². The molecule has 0 aliphatic heterocycles. The topological polar surface area (TPSA) is 130 Å². The summed E-state index contributed by atoms with van der Waals surface area (Å²) in [5.74, 6) is 0.0683. The van der Waals surface area contributed by atoms with E-state index < -0.39 is 24.9 Å². The molecule has 10 heteroatoms. The fraction of sp³-hybridized carbons (Fsp3) is 0.353. The van der Waals surface area contributed by atoms with Crippen LogP contribution in [0.5, 0.6) is 0 Å². The van der Waals surface area contributed by atoms with E-state index in [4.69, 9.17) is 5.26 Å². The highest BCUT2D eigenvalue weighted by molar-refractivity contribution is 7.92. The van der Waals surface area contributed by atoms with Gasteiger partial charge in [-0.3, -0.25) is 0 Å². The highest BCUT2D eigenvalue weighted by Crippen LogP contribution is 2.26. The molecule has 0 radical (unpaired) electrons. The number of nitrogens with zero attached hydrogens (tertiary/aromatic N) is 3. The minimum absolute atomic E-state index is 0.0544. The molecule has 0 saturated heterocycles. The molecule has 0 aliphatic rings. The summed E-state index contributed by atoms with van der Waals surface area (Å²) in [5.41, 5.74) is 1.06. The Bertz CT molecular complexity index is 1040. The third-order valence-electron chi connectivity index (χ3n) is 3.92. The first-order chi connectivity index (χ1) is 12.6. The van der Waals surface area contributed by atoms with Crippen molar-refractivity contribution in [1.29, 1.82) is 5.26 Å². The van der Waals surface area contributed by atoms with Gasteiger partial charge in [0, 0.05) is 17.7 Å². The van der Waals surface area contributed by atoms with Gasteiger partial charge in [0.05, 0.1) is 23.1 Å². The Kier molecular flexibility index (Phi) is 6.51. The Hall–Kier alpha value is -2.51. The Labute approximate surface area is 159 Å². The monoisotopic (exact) mass is 408 g/mol. The molecular weight excluding hydrogens is 388 g/mol. The average Bonchev–Trinajstić information content (AvgIpc) is 2.61. The van der Waals surface area contributed by atoms with Crippen molar-refractivity contribution in [2.45, 2.75) is 29.9 Å². The van der Waals surface area contributed by atoms with Gasteiger partial charge in [-0.25, -0.2) is 26.8 Å². The van der Waals surface area contributed by atoms with Gasteiger partial charge in [0.25, 0.3) is 0 Å². The van der Waals surface area contributed by atoms with Gasteiger partial charge in [0.2, 0.25) is 0 Å². The van der Waals surface area contributed by atoms with E-state index in [1.807, 2.05) is 6.07 Å². The first-order valence-corrected chi connectivity index (χ1v) is 11.7. The van der Waals surface area contributed by atoms with Crippen molar-refractivity contribution in [3.63, 3.8) is 0 Å². The van der Waals surface area contributed by atoms with Crippen LogP contribution in [-0.4, -0.2) is 44.1 Å². The molecule has 0 bridgehead atoms. The van der Waals surface area contributed by atoms with Crippen molar-refractivity contribution < 1.29 is 16.8 Å². The van der Waals surface area contributed by atoms with Crippen LogP contribution in [0, 0.1) is 11.3 Å². The summed E-state index contributed by atoms with van der Waals surface area (Å²) in [6.07, 6.45) is 4.05. The number of sulfone groups is 2. The summed E-state index contributed by atoms with van der Waals surface area (Å²) in [7, 11) is -6.89. The first-order valence-electron chi connectivity index (χ1n) is 8.12. The van der Waals surface area contributed by atoms with Crippen LogP contribution in [0.15, 0.2) is 41.7 Å². The zero-order valence-electron chi connectivity index (χ0n) is 15.0. The Morgan fingerprint density at radius 1 is 1.19 bits per heavy atom. The van der Waals surface area contributed by atoms with E-state index >= 15 is 0 Å². The van der Waals surface area contributed by atoms with Crippen molar-refractivity contribution >= 4 is 31.2 Å². The second-order valence-corrected chi connectivity index (χ2v) is 10.8. The molecular formula is C17H20N4O4S2. The van der Waals surface area contributed by atoms with Gasteiger partial charge in [0.1, 0.15) is 21.1 Å². The third-order valence-corrected chi connectivity index (χ3v) is 7.15. The zero-order valence-corrected chi connectivity index (χ0v) is 16.6. The molecule has 1 N–H and O–H groups in total. The number of hydrogen-bond donors (Lipinski definition) is 1. The minimum atomic E-state index is -3.75. The summed E-state index contributed by atoms with van der Waals surface area (Å²) in [5, 5.41) is 11.0. The molecule has 0 spiro atoms. The van der Waals surface area contributed by atoms with E-state index in [1.54, 1.807) is 24.3 Å². The summed E-state index contributed by atoms with van der Waals surface area (Å²) in [4.78, 5) is 7.78. The van der Waals surface area contributed by atoms with Gasteiger partial charge in [-0.1, -0.05) is 0 Å². The number of rotatable bonds is 8. The Morgan fingerprint density at radius 2 is 1.85 bits per heavy atom.